The Hall–Kier alpha value is -1.37. The molecule has 0 amide bonds. The molecule has 7 nitrogen and oxygen atoms in total. The van der Waals surface area contributed by atoms with Crippen LogP contribution in [0.3, 0.4) is 0 Å². The van der Waals surface area contributed by atoms with Gasteiger partial charge in [-0.25, -0.2) is 0 Å². The number of aliphatic carboxylic acids is 1. The van der Waals surface area contributed by atoms with Gasteiger partial charge in [-0.05, 0) is 34.1 Å². The lowest BCUT2D eigenvalue weighted by atomic mass is 9.88. The third-order valence-electron chi connectivity index (χ3n) is 4.10. The Morgan fingerprint density at radius 1 is 1.47 bits per heavy atom. The molecule has 0 aromatic rings. The molecule has 110 valence electrons. The maximum Gasteiger partial charge on any atom is 0.304 e. The highest BCUT2D eigenvalue weighted by atomic mass is 16.9. The van der Waals surface area contributed by atoms with Crippen LogP contribution in [0.1, 0.15) is 40.5 Å². The van der Waals surface area contributed by atoms with E-state index < -0.39 is 11.1 Å². The number of nitrogens with zero attached hydrogens (tertiary/aromatic N) is 2. The van der Waals surface area contributed by atoms with Crippen molar-refractivity contribution >= 4 is 5.97 Å². The number of carboxylic acid groups (broad SMARTS) is 1. The monoisotopic (exact) mass is 274 g/mol. The lowest BCUT2D eigenvalue weighted by molar-refractivity contribution is -0.759. The molecule has 1 aliphatic heterocycles. The van der Waals surface area contributed by atoms with E-state index in [0.717, 1.165) is 6.42 Å². The highest BCUT2D eigenvalue weighted by Crippen LogP contribution is 2.44. The summed E-state index contributed by atoms with van der Waals surface area (Å²) in [6, 6.07) is 0. The third-order valence-corrected chi connectivity index (χ3v) is 4.10. The standard InChI is InChI=1S/C12H22N2O5/c1-11(2)7-9(8-19-14(17)18)12(3,4)13(11)6-5-10(15)16/h9H,5-8H2,1-4H3,(H,15,16). The summed E-state index contributed by atoms with van der Waals surface area (Å²) in [5.41, 5.74) is -0.515. The van der Waals surface area contributed by atoms with Crippen LogP contribution in [0.15, 0.2) is 0 Å². The molecule has 7 heteroatoms. The SMILES string of the molecule is CC1(C)CC(CO[N+](=O)[O-])C(C)(C)N1CCC(=O)O. The summed E-state index contributed by atoms with van der Waals surface area (Å²) in [5.74, 6) is -0.835. The second kappa shape index (κ2) is 5.32. The molecule has 1 unspecified atom stereocenters. The zero-order valence-electron chi connectivity index (χ0n) is 11.9. The van der Waals surface area contributed by atoms with Crippen molar-refractivity contribution in [2.45, 2.75) is 51.6 Å². The van der Waals surface area contributed by atoms with Crippen LogP contribution in [0.25, 0.3) is 0 Å². The van der Waals surface area contributed by atoms with Gasteiger partial charge in [0.15, 0.2) is 0 Å². The summed E-state index contributed by atoms with van der Waals surface area (Å²) in [7, 11) is 0. The average molecular weight is 274 g/mol. The minimum Gasteiger partial charge on any atom is -0.481 e. The van der Waals surface area contributed by atoms with Crippen LogP contribution in [0.2, 0.25) is 0 Å². The normalized spacial score (nSPS) is 25.2. The molecule has 1 saturated heterocycles. The molecule has 1 rings (SSSR count). The van der Waals surface area contributed by atoms with Crippen molar-refractivity contribution in [1.29, 1.82) is 0 Å². The Balaban J connectivity index is 2.79. The third kappa shape index (κ3) is 3.56. The Bertz CT molecular complexity index is 367. The second-order valence-corrected chi connectivity index (χ2v) is 6.18. The van der Waals surface area contributed by atoms with Crippen LogP contribution in [0, 0.1) is 16.0 Å². The van der Waals surface area contributed by atoms with Crippen molar-refractivity contribution in [3.63, 3.8) is 0 Å². The quantitative estimate of drug-likeness (QED) is 0.583. The Labute approximate surface area is 112 Å². The lowest BCUT2D eigenvalue weighted by Gasteiger charge is -2.41. The first-order valence-electron chi connectivity index (χ1n) is 6.34. The van der Waals surface area contributed by atoms with Gasteiger partial charge < -0.3 is 9.94 Å². The zero-order valence-corrected chi connectivity index (χ0v) is 11.9. The van der Waals surface area contributed by atoms with Crippen molar-refractivity contribution in [3.05, 3.63) is 10.1 Å². The van der Waals surface area contributed by atoms with Gasteiger partial charge in [0.2, 0.25) is 0 Å². The second-order valence-electron chi connectivity index (χ2n) is 6.18. The number of likely N-dealkylation sites (tertiary alicyclic amines) is 1. The number of hydrogen-bond acceptors (Lipinski definition) is 5. The molecule has 0 aliphatic carbocycles. The average Bonchev–Trinajstić information content (AvgIpc) is 2.39. The molecule has 1 N–H and O–H groups in total. The lowest BCUT2D eigenvalue weighted by Crippen LogP contribution is -2.51. The summed E-state index contributed by atoms with van der Waals surface area (Å²) in [5, 5.41) is 18.4. The Morgan fingerprint density at radius 2 is 2.05 bits per heavy atom. The van der Waals surface area contributed by atoms with E-state index in [9.17, 15) is 14.9 Å². The number of carboxylic acids is 1. The molecule has 19 heavy (non-hydrogen) atoms. The van der Waals surface area contributed by atoms with Crippen molar-refractivity contribution < 1.29 is 19.8 Å². The van der Waals surface area contributed by atoms with Gasteiger partial charge in [0.25, 0.3) is 5.09 Å². The highest BCUT2D eigenvalue weighted by molar-refractivity contribution is 5.66. The Kier molecular flexibility index (Phi) is 4.39. The fourth-order valence-electron chi connectivity index (χ4n) is 3.18. The summed E-state index contributed by atoms with van der Waals surface area (Å²) in [6.45, 7) is 8.51. The summed E-state index contributed by atoms with van der Waals surface area (Å²) >= 11 is 0. The first-order chi connectivity index (χ1) is 8.57. The van der Waals surface area contributed by atoms with Crippen molar-refractivity contribution in [2.75, 3.05) is 13.2 Å². The fourth-order valence-corrected chi connectivity index (χ4v) is 3.18. The van der Waals surface area contributed by atoms with Crippen LogP contribution in [-0.4, -0.2) is 45.3 Å². The summed E-state index contributed by atoms with van der Waals surface area (Å²) in [4.78, 5) is 27.7. The zero-order chi connectivity index (χ0) is 14.8. The van der Waals surface area contributed by atoms with Crippen molar-refractivity contribution in [3.8, 4) is 0 Å². The topological polar surface area (TPSA) is 92.9 Å². The maximum atomic E-state index is 10.7. The van der Waals surface area contributed by atoms with E-state index in [4.69, 9.17) is 5.11 Å². The minimum absolute atomic E-state index is 0.00157. The number of rotatable bonds is 6. The van der Waals surface area contributed by atoms with Crippen molar-refractivity contribution in [1.82, 2.24) is 4.90 Å². The van der Waals surface area contributed by atoms with Gasteiger partial charge in [-0.1, -0.05) is 0 Å². The highest BCUT2D eigenvalue weighted by Gasteiger charge is 2.51. The first kappa shape index (κ1) is 15.7. The van der Waals surface area contributed by atoms with Gasteiger partial charge in [-0.15, -0.1) is 10.1 Å². The number of hydrogen-bond donors (Lipinski definition) is 1. The van der Waals surface area contributed by atoms with E-state index >= 15 is 0 Å². The smallest absolute Gasteiger partial charge is 0.304 e. The van der Waals surface area contributed by atoms with E-state index in [1.54, 1.807) is 0 Å². The molecule has 0 saturated carbocycles. The molecule has 1 heterocycles. The number of carbonyl (C=O) groups is 1. The van der Waals surface area contributed by atoms with Gasteiger partial charge in [-0.2, -0.15) is 0 Å². The molecule has 0 bridgehead atoms. The van der Waals surface area contributed by atoms with Crippen LogP contribution in [-0.2, 0) is 9.63 Å². The minimum atomic E-state index is -0.836. The van der Waals surface area contributed by atoms with Crippen LogP contribution < -0.4 is 0 Å². The molecule has 0 spiro atoms. The summed E-state index contributed by atoms with van der Waals surface area (Å²) < 4.78 is 0. The van der Waals surface area contributed by atoms with Gasteiger partial charge in [0.05, 0.1) is 6.42 Å². The largest absolute Gasteiger partial charge is 0.481 e. The van der Waals surface area contributed by atoms with E-state index in [-0.39, 0.29) is 30.0 Å². The van der Waals surface area contributed by atoms with E-state index in [1.165, 1.54) is 0 Å². The van der Waals surface area contributed by atoms with E-state index in [0.29, 0.717) is 6.54 Å². The molecular weight excluding hydrogens is 252 g/mol. The van der Waals surface area contributed by atoms with Crippen LogP contribution >= 0.6 is 0 Å². The van der Waals surface area contributed by atoms with E-state index in [1.807, 2.05) is 27.7 Å². The van der Waals surface area contributed by atoms with Gasteiger partial charge in [0, 0.05) is 23.5 Å². The molecule has 0 aromatic heterocycles. The van der Waals surface area contributed by atoms with Crippen LogP contribution in [0.5, 0.6) is 0 Å². The molecular formula is C12H22N2O5. The predicted molar refractivity (Wildman–Crippen MR) is 68.2 cm³/mol. The first-order valence-corrected chi connectivity index (χ1v) is 6.34. The Morgan fingerprint density at radius 3 is 2.53 bits per heavy atom. The van der Waals surface area contributed by atoms with Crippen LogP contribution in [0.4, 0.5) is 0 Å². The van der Waals surface area contributed by atoms with E-state index in [2.05, 4.69) is 9.74 Å². The maximum absolute atomic E-state index is 10.7. The fraction of sp³-hybridized carbons (Fsp3) is 0.917. The molecule has 0 aromatic carbocycles. The van der Waals surface area contributed by atoms with Gasteiger partial charge in [-0.3, -0.25) is 9.69 Å². The van der Waals surface area contributed by atoms with Gasteiger partial charge in [0.1, 0.15) is 6.61 Å². The molecule has 1 fully saturated rings. The molecule has 1 atom stereocenters. The van der Waals surface area contributed by atoms with Crippen molar-refractivity contribution in [2.24, 2.45) is 5.92 Å². The van der Waals surface area contributed by atoms with Gasteiger partial charge >= 0.3 is 5.97 Å². The summed E-state index contributed by atoms with van der Waals surface area (Å²) in [6.07, 6.45) is 0.809. The molecule has 1 aliphatic rings. The predicted octanol–water partition coefficient (Wildman–Crippen LogP) is 1.55. The molecule has 0 radical (unpaired) electrons.